The number of nitrogens with one attached hydrogen (secondary N) is 2. The first-order valence-corrected chi connectivity index (χ1v) is 11.4. The van der Waals surface area contributed by atoms with Crippen LogP contribution < -0.4 is 16.4 Å². The smallest absolute Gasteiger partial charge is 0.293 e. The van der Waals surface area contributed by atoms with E-state index in [0.29, 0.717) is 27.8 Å². The van der Waals surface area contributed by atoms with Gasteiger partial charge in [-0.2, -0.15) is 0 Å². The molecule has 2 amide bonds. The molecular weight excluding hydrogens is 464 g/mol. The number of nitrogens with two attached hydrogens (primary N) is 1. The number of anilines is 1. The fraction of sp³-hybridized carbons (Fsp3) is 0.227. The maximum absolute atomic E-state index is 12.6. The topological polar surface area (TPSA) is 140 Å². The van der Waals surface area contributed by atoms with Gasteiger partial charge in [-0.15, -0.1) is 11.3 Å². The van der Waals surface area contributed by atoms with Gasteiger partial charge >= 0.3 is 0 Å². The van der Waals surface area contributed by atoms with Gasteiger partial charge < -0.3 is 15.5 Å². The number of hydrogen-bond donors (Lipinski definition) is 3. The summed E-state index contributed by atoms with van der Waals surface area (Å²) in [4.78, 5) is 36.2. The number of thiocarbonyl (C=S) groups is 1. The van der Waals surface area contributed by atoms with Crippen LogP contribution >= 0.6 is 23.6 Å². The number of rotatable bonds is 5. The Labute approximate surface area is 198 Å². The summed E-state index contributed by atoms with van der Waals surface area (Å²) in [5.41, 5.74) is 7.37. The zero-order valence-electron chi connectivity index (χ0n) is 17.5. The highest BCUT2D eigenvalue weighted by Crippen LogP contribution is 2.39. The Bertz CT molecular complexity index is 1280. The Morgan fingerprint density at radius 3 is 2.82 bits per heavy atom. The second-order valence-corrected chi connectivity index (χ2v) is 9.31. The van der Waals surface area contributed by atoms with Crippen molar-refractivity contribution in [2.75, 3.05) is 5.32 Å². The quantitative estimate of drug-likeness (QED) is 0.279. The molecule has 1 aliphatic carbocycles. The maximum atomic E-state index is 12.6. The zero-order chi connectivity index (χ0) is 23.7. The number of nitro benzene ring substituents is 1. The average molecular weight is 485 g/mol. The van der Waals surface area contributed by atoms with E-state index in [1.165, 1.54) is 35.6 Å². The summed E-state index contributed by atoms with van der Waals surface area (Å²) in [6, 6.07) is 8.90. The minimum absolute atomic E-state index is 0.00226. The molecule has 0 saturated heterocycles. The molecule has 9 nitrogen and oxygen atoms in total. The summed E-state index contributed by atoms with van der Waals surface area (Å²) < 4.78 is 5.56. The lowest BCUT2D eigenvalue weighted by atomic mass is 9.88. The molecule has 1 aliphatic rings. The van der Waals surface area contributed by atoms with Gasteiger partial charge in [0, 0.05) is 22.6 Å². The predicted molar refractivity (Wildman–Crippen MR) is 129 cm³/mol. The monoisotopic (exact) mass is 484 g/mol. The number of fused-ring (bicyclic) bond motifs is 1. The molecule has 4 N–H and O–H groups in total. The van der Waals surface area contributed by atoms with Crippen molar-refractivity contribution in [3.05, 3.63) is 68.3 Å². The molecule has 170 valence electrons. The molecule has 3 aromatic rings. The number of thiophene rings is 1. The van der Waals surface area contributed by atoms with Crippen molar-refractivity contribution < 1.29 is 18.9 Å². The summed E-state index contributed by atoms with van der Waals surface area (Å²) in [5, 5.41) is 16.9. The molecule has 2 heterocycles. The largest absolute Gasteiger partial charge is 0.451 e. The lowest BCUT2D eigenvalue weighted by Crippen LogP contribution is -2.34. The first-order chi connectivity index (χ1) is 15.7. The summed E-state index contributed by atoms with van der Waals surface area (Å²) >= 11 is 6.68. The molecule has 11 heteroatoms. The lowest BCUT2D eigenvalue weighted by molar-refractivity contribution is -0.384. The van der Waals surface area contributed by atoms with Crippen LogP contribution in [0.2, 0.25) is 0 Å². The summed E-state index contributed by atoms with van der Waals surface area (Å²) in [6.07, 6.45) is 2.63. The summed E-state index contributed by atoms with van der Waals surface area (Å²) in [7, 11) is 0. The molecule has 4 rings (SSSR count). The van der Waals surface area contributed by atoms with Gasteiger partial charge in [0.2, 0.25) is 0 Å². The number of primary amides is 1. The molecule has 0 spiro atoms. The highest BCUT2D eigenvalue weighted by molar-refractivity contribution is 7.80. The molecule has 0 radical (unpaired) electrons. The van der Waals surface area contributed by atoms with Crippen LogP contribution in [0.5, 0.6) is 0 Å². The van der Waals surface area contributed by atoms with E-state index in [1.807, 2.05) is 0 Å². The Kier molecular flexibility index (Phi) is 6.25. The molecule has 0 fully saturated rings. The van der Waals surface area contributed by atoms with E-state index in [2.05, 4.69) is 17.6 Å². The van der Waals surface area contributed by atoms with E-state index in [-0.39, 0.29) is 16.6 Å². The molecule has 1 atom stereocenters. The number of carbonyl (C=O) groups is 2. The molecular formula is C22H20N4O5S2. The maximum Gasteiger partial charge on any atom is 0.293 e. The second kappa shape index (κ2) is 9.12. The third kappa shape index (κ3) is 4.78. The molecule has 33 heavy (non-hydrogen) atoms. The SMILES string of the molecule is C[C@H]1CCc2c(sc(NC(=S)NC(=O)c3ccc(-c4cccc([N+](=O)[O-])c4)o3)c2C(N)=O)C1. The average Bonchev–Trinajstić information content (AvgIpc) is 3.38. The fourth-order valence-corrected chi connectivity index (χ4v) is 5.47. The summed E-state index contributed by atoms with van der Waals surface area (Å²) in [6.45, 7) is 2.16. The van der Waals surface area contributed by atoms with Gasteiger partial charge in [-0.25, -0.2) is 0 Å². The second-order valence-electron chi connectivity index (χ2n) is 7.80. The Balaban J connectivity index is 1.47. The van der Waals surface area contributed by atoms with Gasteiger partial charge in [0.15, 0.2) is 10.9 Å². The normalized spacial score (nSPS) is 14.9. The predicted octanol–water partition coefficient (Wildman–Crippen LogP) is 4.27. The number of carbonyl (C=O) groups excluding carboxylic acids is 2. The first kappa shape index (κ1) is 22.6. The molecule has 2 aromatic heterocycles. The van der Waals surface area contributed by atoms with E-state index in [1.54, 1.807) is 12.1 Å². The van der Waals surface area contributed by atoms with Crippen LogP contribution in [0.25, 0.3) is 11.3 Å². The first-order valence-electron chi connectivity index (χ1n) is 10.1. The fourth-order valence-electron chi connectivity index (χ4n) is 3.79. The highest BCUT2D eigenvalue weighted by atomic mass is 32.1. The standard InChI is InChI=1S/C22H20N4O5S2/c1-11-5-6-14-17(9-11)33-21(18(14)19(23)27)25-22(32)24-20(28)16-8-7-15(31-16)12-3-2-4-13(10-12)26(29)30/h2-4,7-8,10-11H,5-6,9H2,1H3,(H2,23,27)(H2,24,25,28,32)/t11-/m0/s1. The highest BCUT2D eigenvalue weighted by Gasteiger charge is 2.27. The third-order valence-electron chi connectivity index (χ3n) is 5.38. The Morgan fingerprint density at radius 2 is 2.09 bits per heavy atom. The van der Waals surface area contributed by atoms with E-state index >= 15 is 0 Å². The van der Waals surface area contributed by atoms with Crippen LogP contribution in [0.4, 0.5) is 10.7 Å². The summed E-state index contributed by atoms with van der Waals surface area (Å²) in [5.74, 6) is -0.324. The molecule has 0 aliphatic heterocycles. The number of nitrogens with zero attached hydrogens (tertiary/aromatic N) is 1. The number of nitro groups is 1. The van der Waals surface area contributed by atoms with Gasteiger partial charge in [-0.05, 0) is 55.1 Å². The van der Waals surface area contributed by atoms with Gasteiger partial charge in [0.1, 0.15) is 10.8 Å². The van der Waals surface area contributed by atoms with Gasteiger partial charge in [-0.1, -0.05) is 19.1 Å². The van der Waals surface area contributed by atoms with Crippen molar-refractivity contribution >= 4 is 51.2 Å². The Hall–Kier alpha value is -3.57. The molecule has 1 aromatic carbocycles. The van der Waals surface area contributed by atoms with E-state index in [0.717, 1.165) is 29.7 Å². The van der Waals surface area contributed by atoms with E-state index in [9.17, 15) is 19.7 Å². The van der Waals surface area contributed by atoms with Crippen LogP contribution in [0, 0.1) is 16.0 Å². The number of amides is 2. The number of non-ortho nitro benzene ring substituents is 1. The minimum atomic E-state index is -0.597. The van der Waals surface area contributed by atoms with Crippen molar-refractivity contribution in [1.82, 2.24) is 5.32 Å². The van der Waals surface area contributed by atoms with Gasteiger partial charge in [-0.3, -0.25) is 25.0 Å². The van der Waals surface area contributed by atoms with Crippen molar-refractivity contribution in [2.45, 2.75) is 26.2 Å². The van der Waals surface area contributed by atoms with Crippen molar-refractivity contribution in [2.24, 2.45) is 11.7 Å². The van der Waals surface area contributed by atoms with Crippen molar-refractivity contribution in [3.63, 3.8) is 0 Å². The van der Waals surface area contributed by atoms with Crippen LogP contribution in [-0.2, 0) is 12.8 Å². The minimum Gasteiger partial charge on any atom is -0.451 e. The number of furan rings is 1. The molecule has 0 bridgehead atoms. The van der Waals surface area contributed by atoms with Crippen LogP contribution in [0.3, 0.4) is 0 Å². The van der Waals surface area contributed by atoms with E-state index in [4.69, 9.17) is 22.4 Å². The molecule has 0 unspecified atom stereocenters. The number of benzene rings is 1. The van der Waals surface area contributed by atoms with Crippen LogP contribution in [0.1, 0.15) is 44.7 Å². The molecule has 0 saturated carbocycles. The van der Waals surface area contributed by atoms with Gasteiger partial charge in [0.05, 0.1) is 10.5 Å². The lowest BCUT2D eigenvalue weighted by Gasteiger charge is -2.18. The van der Waals surface area contributed by atoms with Crippen molar-refractivity contribution in [1.29, 1.82) is 0 Å². The zero-order valence-corrected chi connectivity index (χ0v) is 19.2. The Morgan fingerprint density at radius 1 is 1.30 bits per heavy atom. The van der Waals surface area contributed by atoms with Crippen molar-refractivity contribution in [3.8, 4) is 11.3 Å². The van der Waals surface area contributed by atoms with Gasteiger partial charge in [0.25, 0.3) is 17.5 Å². The number of hydrogen-bond acceptors (Lipinski definition) is 7. The third-order valence-corrected chi connectivity index (χ3v) is 6.76. The van der Waals surface area contributed by atoms with E-state index < -0.39 is 16.7 Å². The van der Waals surface area contributed by atoms with Crippen LogP contribution in [0.15, 0.2) is 40.8 Å². The van der Waals surface area contributed by atoms with Crippen LogP contribution in [-0.4, -0.2) is 21.9 Å².